The highest BCUT2D eigenvalue weighted by molar-refractivity contribution is 7.46. The second-order valence-electron chi connectivity index (χ2n) is 11.8. The van der Waals surface area contributed by atoms with Crippen molar-refractivity contribution < 1.29 is 37.9 Å². The third-order valence-corrected chi connectivity index (χ3v) is 7.81. The van der Waals surface area contributed by atoms with Gasteiger partial charge in [0.05, 0.1) is 6.61 Å². The van der Waals surface area contributed by atoms with Gasteiger partial charge in [0, 0.05) is 12.8 Å². The molecule has 46 heavy (non-hydrogen) atoms. The van der Waals surface area contributed by atoms with Crippen molar-refractivity contribution >= 4 is 19.8 Å². The van der Waals surface area contributed by atoms with E-state index in [2.05, 4.69) is 67.0 Å². The summed E-state index contributed by atoms with van der Waals surface area (Å²) in [5.41, 5.74) is 0. The van der Waals surface area contributed by atoms with E-state index in [4.69, 9.17) is 19.3 Å². The Morgan fingerprint density at radius 3 is 1.57 bits per heavy atom. The molecule has 0 rings (SSSR count). The van der Waals surface area contributed by atoms with E-state index in [1.807, 2.05) is 0 Å². The van der Waals surface area contributed by atoms with Crippen LogP contribution in [-0.2, 0) is 28.2 Å². The largest absolute Gasteiger partial charge is 0.469 e. The first-order valence-electron chi connectivity index (χ1n) is 17.9. The number of ether oxygens (including phenoxy) is 2. The summed E-state index contributed by atoms with van der Waals surface area (Å²) in [6, 6.07) is 0. The molecule has 9 heteroatoms. The number of esters is 2. The lowest BCUT2D eigenvalue weighted by Crippen LogP contribution is -2.29. The maximum atomic E-state index is 12.3. The Labute approximate surface area is 280 Å². The minimum absolute atomic E-state index is 0.192. The molecule has 0 aliphatic heterocycles. The quantitative estimate of drug-likeness (QED) is 0.0315. The van der Waals surface area contributed by atoms with Crippen molar-refractivity contribution in [3.63, 3.8) is 0 Å². The first kappa shape index (κ1) is 44.0. The van der Waals surface area contributed by atoms with Crippen LogP contribution in [0, 0.1) is 0 Å². The predicted molar refractivity (Wildman–Crippen MR) is 188 cm³/mol. The van der Waals surface area contributed by atoms with Crippen molar-refractivity contribution in [1.82, 2.24) is 0 Å². The van der Waals surface area contributed by atoms with Crippen LogP contribution in [0.1, 0.15) is 155 Å². The van der Waals surface area contributed by atoms with E-state index in [1.165, 1.54) is 44.9 Å². The molecule has 0 amide bonds. The number of carbonyl (C=O) groups excluding carboxylic acids is 2. The molecule has 0 bridgehead atoms. The third-order valence-electron chi connectivity index (χ3n) is 7.32. The minimum atomic E-state index is -4.76. The highest BCUT2D eigenvalue weighted by atomic mass is 31.2. The summed E-state index contributed by atoms with van der Waals surface area (Å²) in [5, 5.41) is 0. The van der Waals surface area contributed by atoms with Crippen LogP contribution in [-0.4, -0.2) is 41.0 Å². The second-order valence-corrected chi connectivity index (χ2v) is 13.1. The SMILES string of the molecule is CCCCC/C=C/C/C=C/C/C=C/CCCCC(=O)OC[C@H](COP(=O)(O)O)OC(=O)CCCCCCC/C=C/CCCCCC. The first-order valence-corrected chi connectivity index (χ1v) is 19.5. The molecule has 0 aliphatic carbocycles. The van der Waals surface area contributed by atoms with E-state index in [0.717, 1.165) is 70.6 Å². The van der Waals surface area contributed by atoms with Crippen LogP contribution in [0.25, 0.3) is 0 Å². The zero-order valence-electron chi connectivity index (χ0n) is 29.0. The standard InChI is InChI=1S/C37H65O8P/c1-3-5-7-9-11-13-15-17-18-20-21-23-25-27-29-31-36(38)43-33-35(34-44-46(40,41)42)45-37(39)32-30-28-26-24-22-19-16-14-12-10-8-6-4-2/h11,13-14,16-18,21,23,35H,3-10,12,15,19-20,22,24-34H2,1-2H3,(H2,40,41,42)/b13-11+,16-14+,18-17+,23-21+/t35-/m1/s1. The molecule has 2 N–H and O–H groups in total. The fourth-order valence-corrected chi connectivity index (χ4v) is 4.97. The van der Waals surface area contributed by atoms with Crippen LogP contribution < -0.4 is 0 Å². The molecular weight excluding hydrogens is 603 g/mol. The number of hydrogen-bond acceptors (Lipinski definition) is 6. The van der Waals surface area contributed by atoms with E-state index in [1.54, 1.807) is 0 Å². The Hall–Kier alpha value is -1.99. The summed E-state index contributed by atoms with van der Waals surface area (Å²) in [6.07, 6.45) is 38.3. The Kier molecular flexibility index (Phi) is 31.5. The van der Waals surface area contributed by atoms with Crippen molar-refractivity contribution in [3.05, 3.63) is 48.6 Å². The third kappa shape index (κ3) is 34.9. The van der Waals surface area contributed by atoms with Crippen molar-refractivity contribution in [2.75, 3.05) is 13.2 Å². The van der Waals surface area contributed by atoms with E-state index < -0.39 is 32.5 Å². The zero-order chi connectivity index (χ0) is 34.0. The fraction of sp³-hybridized carbons (Fsp3) is 0.730. The zero-order valence-corrected chi connectivity index (χ0v) is 29.9. The summed E-state index contributed by atoms with van der Waals surface area (Å²) in [5.74, 6) is -0.944. The Morgan fingerprint density at radius 1 is 0.565 bits per heavy atom. The molecule has 0 aromatic carbocycles. The normalized spacial score (nSPS) is 13.0. The highest BCUT2D eigenvalue weighted by Crippen LogP contribution is 2.35. The fourth-order valence-electron chi connectivity index (χ4n) is 4.61. The minimum Gasteiger partial charge on any atom is -0.462 e. The van der Waals surface area contributed by atoms with E-state index in [-0.39, 0.29) is 19.4 Å². The lowest BCUT2D eigenvalue weighted by atomic mass is 10.1. The molecule has 0 heterocycles. The smallest absolute Gasteiger partial charge is 0.462 e. The van der Waals surface area contributed by atoms with Crippen molar-refractivity contribution in [3.8, 4) is 0 Å². The van der Waals surface area contributed by atoms with E-state index in [0.29, 0.717) is 12.8 Å². The molecule has 266 valence electrons. The molecule has 0 radical (unpaired) electrons. The van der Waals surface area contributed by atoms with Crippen LogP contribution in [0.2, 0.25) is 0 Å². The van der Waals surface area contributed by atoms with Crippen LogP contribution in [0.3, 0.4) is 0 Å². The maximum absolute atomic E-state index is 12.3. The molecule has 0 spiro atoms. The number of carbonyl (C=O) groups is 2. The number of phosphoric acid groups is 1. The molecule has 0 saturated heterocycles. The molecule has 8 nitrogen and oxygen atoms in total. The van der Waals surface area contributed by atoms with Gasteiger partial charge in [-0.1, -0.05) is 114 Å². The number of rotatable bonds is 32. The van der Waals surface area contributed by atoms with E-state index >= 15 is 0 Å². The molecule has 0 saturated carbocycles. The molecule has 1 atom stereocenters. The van der Waals surface area contributed by atoms with Gasteiger partial charge in [-0.15, -0.1) is 0 Å². The predicted octanol–water partition coefficient (Wildman–Crippen LogP) is 10.4. The van der Waals surface area contributed by atoms with Crippen LogP contribution in [0.15, 0.2) is 48.6 Å². The Balaban J connectivity index is 4.09. The lowest BCUT2D eigenvalue weighted by molar-refractivity contribution is -0.161. The monoisotopic (exact) mass is 668 g/mol. The van der Waals surface area contributed by atoms with Crippen LogP contribution in [0.5, 0.6) is 0 Å². The van der Waals surface area contributed by atoms with Gasteiger partial charge in [0.25, 0.3) is 0 Å². The summed E-state index contributed by atoms with van der Waals surface area (Å²) in [4.78, 5) is 42.6. The lowest BCUT2D eigenvalue weighted by Gasteiger charge is -2.18. The average Bonchev–Trinajstić information content (AvgIpc) is 3.02. The van der Waals surface area contributed by atoms with Crippen molar-refractivity contribution in [2.45, 2.75) is 161 Å². The number of unbranched alkanes of at least 4 members (excludes halogenated alkanes) is 14. The Morgan fingerprint density at radius 2 is 0.978 bits per heavy atom. The van der Waals surface area contributed by atoms with E-state index in [9.17, 15) is 14.2 Å². The van der Waals surface area contributed by atoms with Gasteiger partial charge in [-0.2, -0.15) is 0 Å². The molecule has 0 fully saturated rings. The topological polar surface area (TPSA) is 119 Å². The molecule has 0 unspecified atom stereocenters. The average molecular weight is 669 g/mol. The summed E-state index contributed by atoms with van der Waals surface area (Å²) < 4.78 is 26.2. The maximum Gasteiger partial charge on any atom is 0.469 e. The summed E-state index contributed by atoms with van der Waals surface area (Å²) in [7, 11) is -4.76. The second kappa shape index (κ2) is 32.9. The van der Waals surface area contributed by atoms with Gasteiger partial charge in [-0.25, -0.2) is 4.57 Å². The summed E-state index contributed by atoms with van der Waals surface area (Å²) in [6.45, 7) is 3.57. The summed E-state index contributed by atoms with van der Waals surface area (Å²) >= 11 is 0. The number of hydrogen-bond donors (Lipinski definition) is 2. The number of allylic oxidation sites excluding steroid dienone is 8. The van der Waals surface area contributed by atoms with Gasteiger partial charge in [0.2, 0.25) is 0 Å². The van der Waals surface area contributed by atoms with Crippen LogP contribution >= 0.6 is 7.82 Å². The first-order chi connectivity index (χ1) is 22.3. The van der Waals surface area contributed by atoms with Gasteiger partial charge in [0.15, 0.2) is 6.10 Å². The highest BCUT2D eigenvalue weighted by Gasteiger charge is 2.22. The molecular formula is C37H65O8P. The molecule has 0 aromatic rings. The van der Waals surface area contributed by atoms with Gasteiger partial charge < -0.3 is 19.3 Å². The van der Waals surface area contributed by atoms with Gasteiger partial charge in [0.1, 0.15) is 6.61 Å². The number of phosphoric ester groups is 1. The molecule has 0 aromatic heterocycles. The van der Waals surface area contributed by atoms with Crippen LogP contribution in [0.4, 0.5) is 0 Å². The van der Waals surface area contributed by atoms with Crippen molar-refractivity contribution in [1.29, 1.82) is 0 Å². The van der Waals surface area contributed by atoms with Gasteiger partial charge in [-0.05, 0) is 77.0 Å². The Bertz CT molecular complexity index is 890. The molecule has 0 aliphatic rings. The van der Waals surface area contributed by atoms with Gasteiger partial charge in [-0.3, -0.25) is 14.1 Å². The van der Waals surface area contributed by atoms with Gasteiger partial charge >= 0.3 is 19.8 Å². The van der Waals surface area contributed by atoms with Crippen molar-refractivity contribution in [2.24, 2.45) is 0 Å².